The van der Waals surface area contributed by atoms with Gasteiger partial charge in [0.05, 0.1) is 16.7 Å². The Balaban J connectivity index is 1.21. The number of halogens is 1. The summed E-state index contributed by atoms with van der Waals surface area (Å²) in [7, 11) is 1.76. The molecule has 8 heteroatoms. The molecule has 0 atom stereocenters. The van der Waals surface area contributed by atoms with Gasteiger partial charge in [-0.25, -0.2) is 14.4 Å². The van der Waals surface area contributed by atoms with Crippen LogP contribution in [0.25, 0.3) is 22.5 Å². The summed E-state index contributed by atoms with van der Waals surface area (Å²) < 4.78 is 20.8. The highest BCUT2D eigenvalue weighted by Crippen LogP contribution is 2.19. The lowest BCUT2D eigenvalue weighted by Crippen LogP contribution is -2.39. The molecule has 32 heavy (non-hydrogen) atoms. The van der Waals surface area contributed by atoms with Crippen LogP contribution in [0.3, 0.4) is 0 Å². The second-order valence-corrected chi connectivity index (χ2v) is 7.48. The zero-order chi connectivity index (χ0) is 22.3. The van der Waals surface area contributed by atoms with Crippen molar-refractivity contribution < 1.29 is 8.81 Å². The SMILES string of the molecule is CN=C(NCCCn1c(C)nc2ccccc21)NCCc1coc(-c2ccc(F)cc2)n1. The molecule has 0 aliphatic heterocycles. The molecule has 0 saturated heterocycles. The number of hydrogen-bond donors (Lipinski definition) is 2. The van der Waals surface area contributed by atoms with E-state index in [-0.39, 0.29) is 5.82 Å². The molecular weight excluding hydrogens is 407 g/mol. The van der Waals surface area contributed by atoms with Crippen LogP contribution in [0.15, 0.2) is 64.2 Å². The summed E-state index contributed by atoms with van der Waals surface area (Å²) in [5.74, 6) is 1.99. The van der Waals surface area contributed by atoms with Crippen LogP contribution in [0.1, 0.15) is 17.9 Å². The lowest BCUT2D eigenvalue weighted by Gasteiger charge is -2.12. The van der Waals surface area contributed by atoms with Crippen LogP contribution in [0, 0.1) is 12.7 Å². The molecule has 4 rings (SSSR count). The predicted octanol–water partition coefficient (Wildman–Crippen LogP) is 3.94. The second kappa shape index (κ2) is 10.1. The summed E-state index contributed by atoms with van der Waals surface area (Å²) >= 11 is 0. The fraction of sp³-hybridized carbons (Fsp3) is 0.292. The van der Waals surface area contributed by atoms with Gasteiger partial charge >= 0.3 is 0 Å². The van der Waals surface area contributed by atoms with Gasteiger partial charge in [-0.1, -0.05) is 12.1 Å². The number of benzene rings is 2. The van der Waals surface area contributed by atoms with Crippen molar-refractivity contribution in [1.29, 1.82) is 0 Å². The molecule has 7 nitrogen and oxygen atoms in total. The molecule has 166 valence electrons. The summed E-state index contributed by atoms with van der Waals surface area (Å²) in [6, 6.07) is 14.3. The van der Waals surface area contributed by atoms with Crippen molar-refractivity contribution in [3.05, 3.63) is 72.1 Å². The van der Waals surface area contributed by atoms with Gasteiger partial charge in [-0.3, -0.25) is 4.99 Å². The molecule has 0 bridgehead atoms. The van der Waals surface area contributed by atoms with Gasteiger partial charge in [0.2, 0.25) is 5.89 Å². The van der Waals surface area contributed by atoms with Crippen molar-refractivity contribution in [3.63, 3.8) is 0 Å². The van der Waals surface area contributed by atoms with E-state index >= 15 is 0 Å². The molecule has 2 N–H and O–H groups in total. The van der Waals surface area contributed by atoms with Gasteiger partial charge in [-0.2, -0.15) is 0 Å². The maximum Gasteiger partial charge on any atom is 0.226 e. The number of rotatable bonds is 8. The average Bonchev–Trinajstić information content (AvgIpc) is 3.40. The van der Waals surface area contributed by atoms with Gasteiger partial charge in [-0.05, 0) is 49.7 Å². The fourth-order valence-electron chi connectivity index (χ4n) is 3.60. The number of nitrogens with zero attached hydrogens (tertiary/aromatic N) is 4. The highest BCUT2D eigenvalue weighted by molar-refractivity contribution is 5.79. The van der Waals surface area contributed by atoms with E-state index in [0.717, 1.165) is 48.1 Å². The number of para-hydroxylation sites is 2. The minimum atomic E-state index is -0.280. The van der Waals surface area contributed by atoms with Gasteiger partial charge in [-0.15, -0.1) is 0 Å². The Morgan fingerprint density at radius 3 is 2.66 bits per heavy atom. The molecule has 2 aromatic carbocycles. The molecule has 2 aromatic heterocycles. The standard InChI is InChI=1S/C24H27FN6O/c1-17-29-21-6-3-4-7-22(21)31(17)15-5-13-27-24(26-2)28-14-12-20-16-32-23(30-20)18-8-10-19(25)11-9-18/h3-4,6-11,16H,5,12-15H2,1-2H3,(H2,26,27,28). The maximum absolute atomic E-state index is 13.1. The Morgan fingerprint density at radius 1 is 1.06 bits per heavy atom. The number of nitrogens with one attached hydrogen (secondary N) is 2. The van der Waals surface area contributed by atoms with Gasteiger partial charge in [0, 0.05) is 38.7 Å². The number of aryl methyl sites for hydroxylation is 2. The second-order valence-electron chi connectivity index (χ2n) is 7.48. The van der Waals surface area contributed by atoms with Gasteiger partial charge in [0.15, 0.2) is 5.96 Å². The molecular formula is C24H27FN6O. The van der Waals surface area contributed by atoms with E-state index in [4.69, 9.17) is 4.42 Å². The monoisotopic (exact) mass is 434 g/mol. The summed E-state index contributed by atoms with van der Waals surface area (Å²) in [5, 5.41) is 6.65. The normalized spacial score (nSPS) is 11.8. The van der Waals surface area contributed by atoms with E-state index in [1.165, 1.54) is 17.6 Å². The third kappa shape index (κ3) is 5.14. The van der Waals surface area contributed by atoms with E-state index in [1.807, 2.05) is 25.1 Å². The summed E-state index contributed by atoms with van der Waals surface area (Å²) in [6.07, 6.45) is 3.27. The number of aliphatic imine (C=N–C) groups is 1. The number of guanidine groups is 1. The van der Waals surface area contributed by atoms with Crippen LogP contribution < -0.4 is 10.6 Å². The number of hydrogen-bond acceptors (Lipinski definition) is 4. The van der Waals surface area contributed by atoms with E-state index in [1.54, 1.807) is 25.4 Å². The first-order valence-corrected chi connectivity index (χ1v) is 10.7. The summed E-state index contributed by atoms with van der Waals surface area (Å²) in [4.78, 5) is 13.4. The zero-order valence-electron chi connectivity index (χ0n) is 18.3. The van der Waals surface area contributed by atoms with Crippen molar-refractivity contribution >= 4 is 17.0 Å². The first-order chi connectivity index (χ1) is 15.6. The van der Waals surface area contributed by atoms with Crippen LogP contribution in [-0.2, 0) is 13.0 Å². The largest absolute Gasteiger partial charge is 0.444 e. The van der Waals surface area contributed by atoms with Crippen LogP contribution in [-0.4, -0.2) is 40.6 Å². The highest BCUT2D eigenvalue weighted by atomic mass is 19.1. The molecule has 0 aliphatic rings. The van der Waals surface area contributed by atoms with Crippen LogP contribution >= 0.6 is 0 Å². The molecule has 2 heterocycles. The minimum Gasteiger partial charge on any atom is -0.444 e. The Morgan fingerprint density at radius 2 is 1.84 bits per heavy atom. The predicted molar refractivity (Wildman–Crippen MR) is 124 cm³/mol. The summed E-state index contributed by atoms with van der Waals surface area (Å²) in [6.45, 7) is 4.39. The molecule has 4 aromatic rings. The number of fused-ring (bicyclic) bond motifs is 1. The van der Waals surface area contributed by atoms with Gasteiger partial charge in [0.25, 0.3) is 0 Å². The Bertz CT molecular complexity index is 1190. The molecule has 0 spiro atoms. The molecule has 0 fully saturated rings. The highest BCUT2D eigenvalue weighted by Gasteiger charge is 2.08. The molecule has 0 amide bonds. The van der Waals surface area contributed by atoms with Crippen LogP contribution in [0.4, 0.5) is 4.39 Å². The molecule has 0 aliphatic carbocycles. The van der Waals surface area contributed by atoms with Crippen molar-refractivity contribution in [2.45, 2.75) is 26.3 Å². The number of imidazole rings is 1. The lowest BCUT2D eigenvalue weighted by molar-refractivity contribution is 0.571. The first kappa shape index (κ1) is 21.5. The van der Waals surface area contributed by atoms with E-state index in [0.29, 0.717) is 18.9 Å². The van der Waals surface area contributed by atoms with E-state index in [2.05, 4.69) is 36.2 Å². The maximum atomic E-state index is 13.1. The van der Waals surface area contributed by atoms with Crippen molar-refractivity contribution in [3.8, 4) is 11.5 Å². The van der Waals surface area contributed by atoms with Crippen molar-refractivity contribution in [2.75, 3.05) is 20.1 Å². The van der Waals surface area contributed by atoms with Crippen molar-refractivity contribution in [2.24, 2.45) is 4.99 Å². The Labute approximate surface area is 186 Å². The fourth-order valence-corrected chi connectivity index (χ4v) is 3.60. The van der Waals surface area contributed by atoms with Gasteiger partial charge < -0.3 is 19.6 Å². The third-order valence-corrected chi connectivity index (χ3v) is 5.24. The van der Waals surface area contributed by atoms with E-state index < -0.39 is 0 Å². The topological polar surface area (TPSA) is 80.3 Å². The molecule has 0 radical (unpaired) electrons. The number of aromatic nitrogens is 3. The van der Waals surface area contributed by atoms with Crippen LogP contribution in [0.2, 0.25) is 0 Å². The Hall–Kier alpha value is -3.68. The van der Waals surface area contributed by atoms with Crippen LogP contribution in [0.5, 0.6) is 0 Å². The molecule has 0 unspecified atom stereocenters. The summed E-state index contributed by atoms with van der Waals surface area (Å²) in [5.41, 5.74) is 3.78. The molecule has 0 saturated carbocycles. The van der Waals surface area contributed by atoms with E-state index in [9.17, 15) is 4.39 Å². The smallest absolute Gasteiger partial charge is 0.226 e. The lowest BCUT2D eigenvalue weighted by atomic mass is 10.2. The minimum absolute atomic E-state index is 0.280. The number of oxazole rings is 1. The Kier molecular flexibility index (Phi) is 6.79. The third-order valence-electron chi connectivity index (χ3n) is 5.24. The quantitative estimate of drug-likeness (QED) is 0.249. The first-order valence-electron chi connectivity index (χ1n) is 10.7. The average molecular weight is 435 g/mol. The van der Waals surface area contributed by atoms with Gasteiger partial charge in [0.1, 0.15) is 17.9 Å². The zero-order valence-corrected chi connectivity index (χ0v) is 18.3. The van der Waals surface area contributed by atoms with Crippen molar-refractivity contribution in [1.82, 2.24) is 25.2 Å².